The average molecular weight is 407 g/mol. The summed E-state index contributed by atoms with van der Waals surface area (Å²) in [6.07, 6.45) is 1.69. The number of hydrogen-bond acceptors (Lipinski definition) is 5. The largest absolute Gasteiger partial charge is 0.507 e. The molecule has 4 rings (SSSR count). The molecule has 6 nitrogen and oxygen atoms in total. The number of amides is 1. The summed E-state index contributed by atoms with van der Waals surface area (Å²) in [6, 6.07) is 13.8. The molecule has 2 aliphatic heterocycles. The Morgan fingerprint density at radius 2 is 1.83 bits per heavy atom. The molecule has 2 heterocycles. The van der Waals surface area contributed by atoms with Gasteiger partial charge < -0.3 is 19.5 Å². The first-order chi connectivity index (χ1) is 14.5. The summed E-state index contributed by atoms with van der Waals surface area (Å²) in [4.78, 5) is 27.5. The lowest BCUT2D eigenvalue weighted by Gasteiger charge is -2.27. The summed E-state index contributed by atoms with van der Waals surface area (Å²) in [5, 5.41) is 11.0. The van der Waals surface area contributed by atoms with Crippen LogP contribution in [-0.2, 0) is 14.3 Å². The van der Waals surface area contributed by atoms with Crippen LogP contribution in [0, 0.1) is 6.92 Å². The highest BCUT2D eigenvalue weighted by atomic mass is 16.5. The van der Waals surface area contributed by atoms with Gasteiger partial charge in [-0.1, -0.05) is 29.8 Å². The zero-order chi connectivity index (χ0) is 21.3. The predicted molar refractivity (Wildman–Crippen MR) is 112 cm³/mol. The van der Waals surface area contributed by atoms with E-state index >= 15 is 0 Å². The van der Waals surface area contributed by atoms with E-state index in [0.29, 0.717) is 24.5 Å². The van der Waals surface area contributed by atoms with E-state index in [9.17, 15) is 14.7 Å². The summed E-state index contributed by atoms with van der Waals surface area (Å²) in [7, 11) is 1.56. The molecule has 0 saturated carbocycles. The molecule has 156 valence electrons. The molecule has 2 saturated heterocycles. The van der Waals surface area contributed by atoms with Crippen molar-refractivity contribution < 1.29 is 24.2 Å². The number of likely N-dealkylation sites (tertiary alicyclic amines) is 1. The molecule has 2 aromatic rings. The Balaban J connectivity index is 1.80. The standard InChI is InChI=1S/C24H25NO5/c1-15-5-7-16(8-6-15)21-20(22(26)17-9-11-18(29-2)12-10-17)23(27)24(28)25(21)14-19-4-3-13-30-19/h5-12,19,21,26H,3-4,13-14H2,1-2H3/t19-,21-/m0/s1. The van der Waals surface area contributed by atoms with E-state index in [1.54, 1.807) is 31.4 Å². The molecule has 6 heteroatoms. The van der Waals surface area contributed by atoms with Gasteiger partial charge in [0.15, 0.2) is 0 Å². The highest BCUT2D eigenvalue weighted by Gasteiger charge is 2.47. The van der Waals surface area contributed by atoms with Crippen molar-refractivity contribution in [2.45, 2.75) is 31.9 Å². The predicted octanol–water partition coefficient (Wildman–Crippen LogP) is 3.60. The molecule has 2 atom stereocenters. The van der Waals surface area contributed by atoms with Gasteiger partial charge in [0.05, 0.1) is 24.8 Å². The molecular formula is C24H25NO5. The number of methoxy groups -OCH3 is 1. The van der Waals surface area contributed by atoms with Crippen molar-refractivity contribution in [1.82, 2.24) is 4.90 Å². The number of ether oxygens (including phenoxy) is 2. The fourth-order valence-electron chi connectivity index (χ4n) is 4.08. The normalized spacial score (nSPS) is 23.2. The molecule has 1 amide bonds. The fraction of sp³-hybridized carbons (Fsp3) is 0.333. The number of carbonyl (C=O) groups excluding carboxylic acids is 2. The summed E-state index contributed by atoms with van der Waals surface area (Å²) in [5.74, 6) is -0.824. The Hall–Kier alpha value is -3.12. The lowest BCUT2D eigenvalue weighted by molar-refractivity contribution is -0.140. The summed E-state index contributed by atoms with van der Waals surface area (Å²) >= 11 is 0. The maximum Gasteiger partial charge on any atom is 0.295 e. The number of hydrogen-bond donors (Lipinski definition) is 1. The Morgan fingerprint density at radius 1 is 1.13 bits per heavy atom. The lowest BCUT2D eigenvalue weighted by atomic mass is 9.94. The van der Waals surface area contributed by atoms with Crippen LogP contribution >= 0.6 is 0 Å². The second kappa shape index (κ2) is 8.32. The van der Waals surface area contributed by atoms with Crippen LogP contribution in [0.2, 0.25) is 0 Å². The fourth-order valence-corrected chi connectivity index (χ4v) is 4.08. The van der Waals surface area contributed by atoms with Crippen LogP contribution in [0.3, 0.4) is 0 Å². The van der Waals surface area contributed by atoms with E-state index in [1.165, 1.54) is 4.90 Å². The Bertz CT molecular complexity index is 972. The Labute approximate surface area is 175 Å². The van der Waals surface area contributed by atoms with E-state index in [1.807, 2.05) is 31.2 Å². The third kappa shape index (κ3) is 3.71. The number of aryl methyl sites for hydroxylation is 1. The number of rotatable bonds is 5. The monoisotopic (exact) mass is 407 g/mol. The molecule has 2 fully saturated rings. The molecule has 0 spiro atoms. The van der Waals surface area contributed by atoms with Gasteiger partial charge in [-0.15, -0.1) is 0 Å². The summed E-state index contributed by atoms with van der Waals surface area (Å²) in [6.45, 7) is 2.96. The number of carbonyl (C=O) groups is 2. The third-order valence-corrected chi connectivity index (χ3v) is 5.72. The number of Topliss-reactive ketones (excluding diaryl/α,β-unsaturated/α-hetero) is 1. The molecule has 0 aliphatic carbocycles. The first-order valence-electron chi connectivity index (χ1n) is 10.1. The van der Waals surface area contributed by atoms with E-state index in [4.69, 9.17) is 9.47 Å². The zero-order valence-electron chi connectivity index (χ0n) is 17.1. The summed E-state index contributed by atoms with van der Waals surface area (Å²) < 4.78 is 10.9. The molecule has 0 aromatic heterocycles. The molecule has 0 bridgehead atoms. The van der Waals surface area contributed by atoms with Crippen LogP contribution in [0.4, 0.5) is 0 Å². The second-order valence-corrected chi connectivity index (χ2v) is 7.73. The van der Waals surface area contributed by atoms with Gasteiger partial charge in [0.25, 0.3) is 11.7 Å². The summed E-state index contributed by atoms with van der Waals surface area (Å²) in [5.41, 5.74) is 2.42. The van der Waals surface area contributed by atoms with Gasteiger partial charge >= 0.3 is 0 Å². The molecule has 0 unspecified atom stereocenters. The van der Waals surface area contributed by atoms with Gasteiger partial charge in [0.2, 0.25) is 0 Å². The minimum absolute atomic E-state index is 0.0998. The van der Waals surface area contributed by atoms with Crippen molar-refractivity contribution >= 4 is 17.4 Å². The van der Waals surface area contributed by atoms with Crippen LogP contribution in [-0.4, -0.2) is 48.1 Å². The molecule has 2 aromatic carbocycles. The van der Waals surface area contributed by atoms with Crippen molar-refractivity contribution in [3.63, 3.8) is 0 Å². The van der Waals surface area contributed by atoms with Gasteiger partial charge in [0, 0.05) is 18.7 Å². The van der Waals surface area contributed by atoms with Gasteiger partial charge in [-0.05, 0) is 49.6 Å². The van der Waals surface area contributed by atoms with E-state index < -0.39 is 17.7 Å². The smallest absolute Gasteiger partial charge is 0.295 e. The number of aliphatic hydroxyl groups excluding tert-OH is 1. The van der Waals surface area contributed by atoms with Gasteiger partial charge in [-0.2, -0.15) is 0 Å². The van der Waals surface area contributed by atoms with Gasteiger partial charge in [0.1, 0.15) is 11.5 Å². The van der Waals surface area contributed by atoms with E-state index in [0.717, 1.165) is 24.0 Å². The molecule has 30 heavy (non-hydrogen) atoms. The third-order valence-electron chi connectivity index (χ3n) is 5.72. The van der Waals surface area contributed by atoms with Crippen LogP contribution in [0.15, 0.2) is 54.1 Å². The SMILES string of the molecule is COc1ccc(C(O)=C2C(=O)C(=O)N(C[C@@H]3CCCO3)[C@H]2c2ccc(C)cc2)cc1. The first kappa shape index (κ1) is 20.2. The number of ketones is 1. The number of benzene rings is 2. The van der Waals surface area contributed by atoms with E-state index in [-0.39, 0.29) is 17.4 Å². The van der Waals surface area contributed by atoms with Crippen LogP contribution in [0.1, 0.15) is 35.6 Å². The molecule has 1 N–H and O–H groups in total. The minimum Gasteiger partial charge on any atom is -0.507 e. The Kier molecular flexibility index (Phi) is 5.59. The van der Waals surface area contributed by atoms with Crippen LogP contribution in [0.25, 0.3) is 5.76 Å². The number of aliphatic hydroxyl groups is 1. The zero-order valence-corrected chi connectivity index (χ0v) is 17.1. The van der Waals surface area contributed by atoms with Crippen LogP contribution in [0.5, 0.6) is 5.75 Å². The second-order valence-electron chi connectivity index (χ2n) is 7.73. The van der Waals surface area contributed by atoms with Gasteiger partial charge in [-0.25, -0.2) is 0 Å². The molecular weight excluding hydrogens is 382 g/mol. The van der Waals surface area contributed by atoms with Crippen molar-refractivity contribution in [3.8, 4) is 5.75 Å². The van der Waals surface area contributed by atoms with Crippen molar-refractivity contribution in [2.24, 2.45) is 0 Å². The highest BCUT2D eigenvalue weighted by Crippen LogP contribution is 2.40. The number of nitrogens with zero attached hydrogens (tertiary/aromatic N) is 1. The van der Waals surface area contributed by atoms with Gasteiger partial charge in [-0.3, -0.25) is 9.59 Å². The maximum atomic E-state index is 13.0. The first-order valence-corrected chi connectivity index (χ1v) is 10.1. The maximum absolute atomic E-state index is 13.0. The highest BCUT2D eigenvalue weighted by molar-refractivity contribution is 6.46. The quantitative estimate of drug-likeness (QED) is 0.466. The van der Waals surface area contributed by atoms with Crippen LogP contribution < -0.4 is 4.74 Å². The van der Waals surface area contributed by atoms with Crippen molar-refractivity contribution in [3.05, 3.63) is 70.8 Å². The molecule has 2 aliphatic rings. The average Bonchev–Trinajstić information content (AvgIpc) is 3.36. The molecule has 0 radical (unpaired) electrons. The minimum atomic E-state index is -0.674. The lowest BCUT2D eigenvalue weighted by Crippen LogP contribution is -2.36. The van der Waals surface area contributed by atoms with Crippen molar-refractivity contribution in [1.29, 1.82) is 0 Å². The topological polar surface area (TPSA) is 76.1 Å². The van der Waals surface area contributed by atoms with Crippen molar-refractivity contribution in [2.75, 3.05) is 20.3 Å². The van der Waals surface area contributed by atoms with E-state index in [2.05, 4.69) is 0 Å². The Morgan fingerprint density at radius 3 is 2.43 bits per heavy atom.